The summed E-state index contributed by atoms with van der Waals surface area (Å²) in [5, 5.41) is 0. The highest BCUT2D eigenvalue weighted by atomic mass is 79.9. The third-order valence-corrected chi connectivity index (χ3v) is 2.68. The molecule has 15 heavy (non-hydrogen) atoms. The van der Waals surface area contributed by atoms with Crippen molar-refractivity contribution >= 4 is 21.9 Å². The number of carbonyl (C=O) groups excluding carboxylic acids is 1. The summed E-state index contributed by atoms with van der Waals surface area (Å²) in [5.41, 5.74) is 0.433. The fourth-order valence-electron chi connectivity index (χ4n) is 1.11. The van der Waals surface area contributed by atoms with Crippen molar-refractivity contribution in [2.24, 2.45) is 0 Å². The van der Waals surface area contributed by atoms with Gasteiger partial charge in [-0.2, -0.15) is 0 Å². The average molecular weight is 272 g/mol. The van der Waals surface area contributed by atoms with Gasteiger partial charge >= 0.3 is 5.97 Å². The minimum Gasteiger partial charge on any atom is -0.474 e. The van der Waals surface area contributed by atoms with E-state index in [9.17, 15) is 4.79 Å². The van der Waals surface area contributed by atoms with Crippen molar-refractivity contribution in [2.75, 3.05) is 7.11 Å². The summed E-state index contributed by atoms with van der Waals surface area (Å²) in [5.74, 6) is 0.0750. The lowest BCUT2D eigenvalue weighted by molar-refractivity contribution is 0.0599. The molecule has 80 valence electrons. The lowest BCUT2D eigenvalue weighted by atomic mass is 10.3. The van der Waals surface area contributed by atoms with E-state index in [2.05, 4.69) is 25.7 Å². The molecule has 0 atom stereocenters. The molecule has 0 bridgehead atoms. The second kappa shape index (κ2) is 4.18. The molecule has 0 spiro atoms. The minimum absolute atomic E-state index is 0.268. The molecule has 0 unspecified atom stereocenters. The van der Waals surface area contributed by atoms with E-state index in [1.165, 1.54) is 7.11 Å². The Balaban J connectivity index is 2.22. The van der Waals surface area contributed by atoms with Gasteiger partial charge in [0.05, 0.1) is 17.1 Å². The third kappa shape index (κ3) is 2.47. The Labute approximate surface area is 95.7 Å². The first-order valence-electron chi connectivity index (χ1n) is 4.61. The van der Waals surface area contributed by atoms with E-state index < -0.39 is 5.97 Å². The molecule has 0 radical (unpaired) electrons. The van der Waals surface area contributed by atoms with Gasteiger partial charge in [0, 0.05) is 12.3 Å². The van der Waals surface area contributed by atoms with Crippen LogP contribution in [-0.2, 0) is 4.74 Å². The summed E-state index contributed by atoms with van der Waals surface area (Å²) in [6, 6.07) is 1.59. The van der Waals surface area contributed by atoms with Crippen LogP contribution in [0.2, 0.25) is 0 Å². The second-order valence-electron chi connectivity index (χ2n) is 3.31. The van der Waals surface area contributed by atoms with Gasteiger partial charge in [0.1, 0.15) is 6.10 Å². The summed E-state index contributed by atoms with van der Waals surface area (Å²) in [4.78, 5) is 15.4. The van der Waals surface area contributed by atoms with E-state index >= 15 is 0 Å². The molecule has 5 heteroatoms. The van der Waals surface area contributed by atoms with Crippen LogP contribution in [0.5, 0.6) is 5.88 Å². The molecular formula is C10H10BrNO3. The predicted octanol–water partition coefficient (Wildman–Crippen LogP) is 2.17. The lowest BCUT2D eigenvalue weighted by Gasteiger charge is -2.06. The van der Waals surface area contributed by atoms with Crippen molar-refractivity contribution in [1.29, 1.82) is 0 Å². The fraction of sp³-hybridized carbons (Fsp3) is 0.400. The van der Waals surface area contributed by atoms with Crippen LogP contribution in [0.1, 0.15) is 23.2 Å². The molecule has 1 fully saturated rings. The molecule has 1 aromatic heterocycles. The molecule has 1 saturated carbocycles. The zero-order valence-corrected chi connectivity index (χ0v) is 9.78. The van der Waals surface area contributed by atoms with Gasteiger partial charge in [-0.15, -0.1) is 0 Å². The molecule has 0 aliphatic heterocycles. The molecule has 0 amide bonds. The first kappa shape index (κ1) is 10.4. The van der Waals surface area contributed by atoms with Gasteiger partial charge in [0.15, 0.2) is 0 Å². The van der Waals surface area contributed by atoms with E-state index in [0.29, 0.717) is 15.9 Å². The third-order valence-electron chi connectivity index (χ3n) is 2.05. The van der Waals surface area contributed by atoms with E-state index in [1.54, 1.807) is 12.3 Å². The van der Waals surface area contributed by atoms with E-state index in [1.807, 2.05) is 0 Å². The average Bonchev–Trinajstić information content (AvgIpc) is 3.04. The van der Waals surface area contributed by atoms with Gasteiger partial charge in [-0.3, -0.25) is 0 Å². The van der Waals surface area contributed by atoms with Crippen molar-refractivity contribution in [3.05, 3.63) is 22.3 Å². The maximum absolute atomic E-state index is 11.4. The number of esters is 1. The fourth-order valence-corrected chi connectivity index (χ4v) is 1.49. The number of hydrogen-bond acceptors (Lipinski definition) is 4. The molecule has 1 aromatic rings. The predicted molar refractivity (Wildman–Crippen MR) is 56.9 cm³/mol. The SMILES string of the molecule is COC(=O)c1cc(OC2CC2)ncc1Br. The Bertz CT molecular complexity index is 390. The topological polar surface area (TPSA) is 48.4 Å². The van der Waals surface area contributed by atoms with Crippen LogP contribution < -0.4 is 4.74 Å². The molecule has 4 nitrogen and oxygen atoms in total. The van der Waals surface area contributed by atoms with Crippen molar-refractivity contribution < 1.29 is 14.3 Å². The van der Waals surface area contributed by atoms with Crippen LogP contribution in [0.15, 0.2) is 16.7 Å². The van der Waals surface area contributed by atoms with E-state index in [-0.39, 0.29) is 6.10 Å². The van der Waals surface area contributed by atoms with Crippen LogP contribution >= 0.6 is 15.9 Å². The molecule has 2 rings (SSSR count). The van der Waals surface area contributed by atoms with Gasteiger partial charge in [-0.05, 0) is 28.8 Å². The normalized spacial score (nSPS) is 14.8. The molecule has 0 aromatic carbocycles. The Morgan fingerprint density at radius 2 is 2.33 bits per heavy atom. The van der Waals surface area contributed by atoms with Crippen LogP contribution in [0.3, 0.4) is 0 Å². The van der Waals surface area contributed by atoms with E-state index in [0.717, 1.165) is 12.8 Å². The quantitative estimate of drug-likeness (QED) is 0.791. The Morgan fingerprint density at radius 3 is 2.93 bits per heavy atom. The summed E-state index contributed by atoms with van der Waals surface area (Å²) in [6.07, 6.45) is 3.93. The first-order valence-corrected chi connectivity index (χ1v) is 5.40. The number of hydrogen-bond donors (Lipinski definition) is 0. The molecule has 1 aliphatic rings. The zero-order valence-electron chi connectivity index (χ0n) is 8.20. The maximum Gasteiger partial charge on any atom is 0.339 e. The largest absolute Gasteiger partial charge is 0.474 e. The van der Waals surface area contributed by atoms with Crippen LogP contribution in [0, 0.1) is 0 Å². The summed E-state index contributed by atoms with van der Waals surface area (Å²) < 4.78 is 10.7. The number of carbonyl (C=O) groups is 1. The van der Waals surface area contributed by atoms with Crippen molar-refractivity contribution in [2.45, 2.75) is 18.9 Å². The zero-order chi connectivity index (χ0) is 10.8. The number of halogens is 1. The van der Waals surface area contributed by atoms with Gasteiger partial charge in [-0.1, -0.05) is 0 Å². The Morgan fingerprint density at radius 1 is 1.60 bits per heavy atom. The molecule has 0 N–H and O–H groups in total. The van der Waals surface area contributed by atoms with Crippen molar-refractivity contribution in [1.82, 2.24) is 4.98 Å². The number of pyridine rings is 1. The monoisotopic (exact) mass is 271 g/mol. The highest BCUT2D eigenvalue weighted by Crippen LogP contribution is 2.27. The highest BCUT2D eigenvalue weighted by Gasteiger charge is 2.24. The van der Waals surface area contributed by atoms with Gasteiger partial charge < -0.3 is 9.47 Å². The van der Waals surface area contributed by atoms with Gasteiger partial charge in [-0.25, -0.2) is 9.78 Å². The molecule has 1 aliphatic carbocycles. The number of rotatable bonds is 3. The first-order chi connectivity index (χ1) is 7.20. The minimum atomic E-state index is -0.398. The van der Waals surface area contributed by atoms with E-state index in [4.69, 9.17) is 4.74 Å². The molecule has 0 saturated heterocycles. The van der Waals surface area contributed by atoms with Crippen LogP contribution in [0.4, 0.5) is 0 Å². The molecular weight excluding hydrogens is 262 g/mol. The van der Waals surface area contributed by atoms with Crippen LogP contribution in [-0.4, -0.2) is 24.2 Å². The van der Waals surface area contributed by atoms with Crippen molar-refractivity contribution in [3.63, 3.8) is 0 Å². The summed E-state index contributed by atoms with van der Waals surface area (Å²) >= 11 is 3.23. The Kier molecular flexibility index (Phi) is 2.90. The number of nitrogens with zero attached hydrogens (tertiary/aromatic N) is 1. The number of methoxy groups -OCH3 is 1. The van der Waals surface area contributed by atoms with Gasteiger partial charge in [0.2, 0.25) is 5.88 Å². The number of aromatic nitrogens is 1. The molecule has 1 heterocycles. The van der Waals surface area contributed by atoms with Gasteiger partial charge in [0.25, 0.3) is 0 Å². The standard InChI is InChI=1S/C10H10BrNO3/c1-14-10(13)7-4-9(12-5-8(7)11)15-6-2-3-6/h4-6H,2-3H2,1H3. The lowest BCUT2D eigenvalue weighted by Crippen LogP contribution is -2.05. The van der Waals surface area contributed by atoms with Crippen LogP contribution in [0.25, 0.3) is 0 Å². The smallest absolute Gasteiger partial charge is 0.339 e. The second-order valence-corrected chi connectivity index (χ2v) is 4.17. The van der Waals surface area contributed by atoms with Crippen molar-refractivity contribution in [3.8, 4) is 5.88 Å². The maximum atomic E-state index is 11.4. The summed E-state index contributed by atoms with van der Waals surface area (Å²) in [7, 11) is 1.34. The summed E-state index contributed by atoms with van der Waals surface area (Å²) in [6.45, 7) is 0. The number of ether oxygens (including phenoxy) is 2. The highest BCUT2D eigenvalue weighted by molar-refractivity contribution is 9.10. The Hall–Kier alpha value is -1.10.